The Morgan fingerprint density at radius 3 is 2.70 bits per heavy atom. The lowest BCUT2D eigenvalue weighted by molar-refractivity contribution is -0.136. The highest BCUT2D eigenvalue weighted by Gasteiger charge is 2.31. The summed E-state index contributed by atoms with van der Waals surface area (Å²) in [6, 6.07) is 5.24. The molecule has 0 aromatic heterocycles. The molecule has 0 saturated heterocycles. The Balaban J connectivity index is 2.63. The van der Waals surface area contributed by atoms with Crippen LogP contribution < -0.4 is 5.32 Å². The molecule has 1 aliphatic rings. The number of carboxylic acids is 2. The molecule has 1 aromatic rings. The van der Waals surface area contributed by atoms with Gasteiger partial charge < -0.3 is 15.5 Å². The zero-order chi connectivity index (χ0) is 14.7. The lowest BCUT2D eigenvalue weighted by Gasteiger charge is -2.07. The molecule has 0 saturated carbocycles. The van der Waals surface area contributed by atoms with Gasteiger partial charge in [0.05, 0.1) is 12.1 Å². The molecule has 0 unspecified atom stereocenters. The number of halogens is 1. The fraction of sp³-hybridized carbons (Fsp3) is 0.214. The van der Waals surface area contributed by atoms with Crippen LogP contribution >= 0.6 is 11.6 Å². The number of rotatable bonds is 3. The molecule has 0 bridgehead atoms. The van der Waals surface area contributed by atoms with E-state index < -0.39 is 11.9 Å². The van der Waals surface area contributed by atoms with Gasteiger partial charge >= 0.3 is 11.9 Å². The average Bonchev–Trinajstić information content (AvgIpc) is 2.59. The minimum Gasteiger partial charge on any atom is -0.468 e. The molecule has 1 aliphatic heterocycles. The van der Waals surface area contributed by atoms with Gasteiger partial charge in [-0.25, -0.2) is 4.79 Å². The van der Waals surface area contributed by atoms with Crippen molar-refractivity contribution in [3.05, 3.63) is 46.3 Å². The monoisotopic (exact) mass is 294 g/mol. The van der Waals surface area contributed by atoms with Gasteiger partial charge in [0, 0.05) is 17.1 Å². The van der Waals surface area contributed by atoms with Crippen LogP contribution in [0.1, 0.15) is 11.1 Å². The van der Waals surface area contributed by atoms with Gasteiger partial charge in [-0.15, -0.1) is 0 Å². The first-order chi connectivity index (χ1) is 9.50. The zero-order valence-electron chi connectivity index (χ0n) is 10.5. The van der Waals surface area contributed by atoms with Crippen LogP contribution in [0, 0.1) is 6.42 Å². The summed E-state index contributed by atoms with van der Waals surface area (Å²) in [5, 5.41) is 21.7. The van der Waals surface area contributed by atoms with Crippen LogP contribution in [-0.2, 0) is 16.0 Å². The fourth-order valence-corrected chi connectivity index (χ4v) is 2.53. The minimum atomic E-state index is -1.29. The Bertz CT molecular complexity index is 595. The Hall–Kier alpha value is -1.98. The molecule has 20 heavy (non-hydrogen) atoms. The van der Waals surface area contributed by atoms with Gasteiger partial charge in [0.2, 0.25) is 5.57 Å². The Morgan fingerprint density at radius 1 is 1.30 bits per heavy atom. The maximum Gasteiger partial charge on any atom is 0.448 e. The third-order valence-corrected chi connectivity index (χ3v) is 3.47. The van der Waals surface area contributed by atoms with E-state index in [4.69, 9.17) is 16.7 Å². The highest BCUT2D eigenvalue weighted by Crippen LogP contribution is 2.30. The second-order valence-corrected chi connectivity index (χ2v) is 4.78. The van der Waals surface area contributed by atoms with Gasteiger partial charge in [-0.2, -0.15) is 4.79 Å². The van der Waals surface area contributed by atoms with Crippen LogP contribution in [-0.4, -0.2) is 35.2 Å². The summed E-state index contributed by atoms with van der Waals surface area (Å²) in [4.78, 5) is 22.2. The van der Waals surface area contributed by atoms with E-state index >= 15 is 0 Å². The molecule has 0 spiro atoms. The molecule has 5 nitrogen and oxygen atoms in total. The number of benzene rings is 1. The van der Waals surface area contributed by atoms with Crippen LogP contribution in [0.3, 0.4) is 0 Å². The number of aliphatic carboxylic acids is 2. The van der Waals surface area contributed by atoms with Crippen LogP contribution in [0.25, 0.3) is 5.57 Å². The van der Waals surface area contributed by atoms with Crippen molar-refractivity contribution in [3.8, 4) is 0 Å². The van der Waals surface area contributed by atoms with Gasteiger partial charge in [0.25, 0.3) is 0 Å². The second kappa shape index (κ2) is 5.98. The van der Waals surface area contributed by atoms with Crippen molar-refractivity contribution in [1.82, 2.24) is 5.32 Å². The zero-order valence-corrected chi connectivity index (χ0v) is 11.3. The number of carbonyl (C=O) groups is 2. The maximum atomic E-state index is 11.3. The fourth-order valence-electron chi connectivity index (χ4n) is 2.26. The van der Waals surface area contributed by atoms with Crippen LogP contribution in [0.2, 0.25) is 5.02 Å². The molecule has 6 heteroatoms. The molecular formula is C14H13ClNO4+. The van der Waals surface area contributed by atoms with Crippen molar-refractivity contribution >= 4 is 29.1 Å². The van der Waals surface area contributed by atoms with E-state index in [1.807, 2.05) is 0 Å². The van der Waals surface area contributed by atoms with Crippen LogP contribution in [0.15, 0.2) is 23.8 Å². The van der Waals surface area contributed by atoms with Gasteiger partial charge in [-0.05, 0) is 24.1 Å². The SMILES string of the molecule is O=C(O)[CH+]C(C(=O)O)=C1CNCCc2c(Cl)cccc21. The lowest BCUT2D eigenvalue weighted by Crippen LogP contribution is -2.19. The standard InChI is InChI=1S/C14H12ClNO4/c15-12-3-1-2-8-9(12)4-5-16-7-11(8)10(14(19)20)6-13(17)18/h1-3,6,16H,4-5,7H2,(H-,17,18,19,20)/p+1. The van der Waals surface area contributed by atoms with E-state index in [9.17, 15) is 14.7 Å². The van der Waals surface area contributed by atoms with Crippen molar-refractivity contribution in [2.45, 2.75) is 6.42 Å². The van der Waals surface area contributed by atoms with Crippen LogP contribution in [0.5, 0.6) is 0 Å². The predicted octanol–water partition coefficient (Wildman–Crippen LogP) is 1.61. The van der Waals surface area contributed by atoms with E-state index in [1.54, 1.807) is 18.2 Å². The molecule has 0 atom stereocenters. The normalized spacial score (nSPS) is 16.9. The topological polar surface area (TPSA) is 86.6 Å². The van der Waals surface area contributed by atoms with Crippen molar-refractivity contribution in [3.63, 3.8) is 0 Å². The largest absolute Gasteiger partial charge is 0.468 e. The first-order valence-electron chi connectivity index (χ1n) is 6.03. The minimum absolute atomic E-state index is 0.226. The first-order valence-corrected chi connectivity index (χ1v) is 6.41. The molecule has 2 rings (SSSR count). The third-order valence-electron chi connectivity index (χ3n) is 3.12. The molecule has 3 N–H and O–H groups in total. The van der Waals surface area contributed by atoms with Crippen molar-refractivity contribution in [2.75, 3.05) is 13.1 Å². The van der Waals surface area contributed by atoms with Gasteiger partial charge in [0.15, 0.2) is 0 Å². The summed E-state index contributed by atoms with van der Waals surface area (Å²) >= 11 is 6.15. The molecule has 0 radical (unpaired) electrons. The number of nitrogens with one attached hydrogen (secondary N) is 1. The quantitative estimate of drug-likeness (QED) is 0.582. The Morgan fingerprint density at radius 2 is 2.05 bits per heavy atom. The van der Waals surface area contributed by atoms with E-state index in [1.165, 1.54) is 0 Å². The molecular weight excluding hydrogens is 282 g/mol. The number of fused-ring (bicyclic) bond motifs is 1. The average molecular weight is 295 g/mol. The van der Waals surface area contributed by atoms with Gasteiger partial charge in [-0.1, -0.05) is 17.7 Å². The summed E-state index contributed by atoms with van der Waals surface area (Å²) in [5.74, 6) is -2.56. The summed E-state index contributed by atoms with van der Waals surface area (Å²) < 4.78 is 0. The molecule has 1 heterocycles. The number of hydrogen-bond acceptors (Lipinski definition) is 3. The highest BCUT2D eigenvalue weighted by molar-refractivity contribution is 6.31. The first kappa shape index (κ1) is 14.4. The summed E-state index contributed by atoms with van der Waals surface area (Å²) in [7, 11) is 0. The maximum absolute atomic E-state index is 11.3. The van der Waals surface area contributed by atoms with E-state index in [0.29, 0.717) is 35.7 Å². The lowest BCUT2D eigenvalue weighted by atomic mass is 9.93. The number of hydrogen-bond donors (Lipinski definition) is 3. The Kier molecular flexibility index (Phi) is 4.32. The second-order valence-electron chi connectivity index (χ2n) is 4.37. The molecule has 104 valence electrons. The van der Waals surface area contributed by atoms with Crippen molar-refractivity contribution < 1.29 is 19.8 Å². The summed E-state index contributed by atoms with van der Waals surface area (Å²) in [6.45, 7) is 0.943. The van der Waals surface area contributed by atoms with Crippen molar-refractivity contribution in [2.24, 2.45) is 0 Å². The van der Waals surface area contributed by atoms with E-state index in [2.05, 4.69) is 5.32 Å². The van der Waals surface area contributed by atoms with Gasteiger partial charge in [-0.3, -0.25) is 0 Å². The summed E-state index contributed by atoms with van der Waals surface area (Å²) in [6.07, 6.45) is 1.38. The van der Waals surface area contributed by atoms with E-state index in [0.717, 1.165) is 12.0 Å². The van der Waals surface area contributed by atoms with Gasteiger partial charge in [0.1, 0.15) is 6.42 Å². The summed E-state index contributed by atoms with van der Waals surface area (Å²) in [5.41, 5.74) is 1.74. The molecule has 0 fully saturated rings. The third kappa shape index (κ3) is 2.95. The predicted molar refractivity (Wildman–Crippen MR) is 74.5 cm³/mol. The molecule has 0 aliphatic carbocycles. The highest BCUT2D eigenvalue weighted by atomic mass is 35.5. The van der Waals surface area contributed by atoms with Crippen molar-refractivity contribution in [1.29, 1.82) is 0 Å². The smallest absolute Gasteiger partial charge is 0.448 e. The number of carboxylic acid groups (broad SMARTS) is 2. The Labute approximate surface area is 120 Å². The van der Waals surface area contributed by atoms with E-state index in [-0.39, 0.29) is 5.57 Å². The van der Waals surface area contributed by atoms with Crippen LogP contribution in [0.4, 0.5) is 0 Å². The molecule has 1 aromatic carbocycles. The molecule has 0 amide bonds.